The Balaban J connectivity index is 2.12. The number of fused-ring (bicyclic) bond motifs is 1. The summed E-state index contributed by atoms with van der Waals surface area (Å²) >= 11 is 1.30. The highest BCUT2D eigenvalue weighted by atomic mass is 32.2. The molecule has 0 aromatic carbocycles. The first kappa shape index (κ1) is 13.1. The third kappa shape index (κ3) is 2.42. The molecule has 0 spiro atoms. The second-order valence-corrected chi connectivity index (χ2v) is 5.30. The SMILES string of the molecule is CCN=C1N[C@@H]2[C@H](F)[C@H](O)[C@@H]([C@H](C)O)O[C@@H]2S1. The number of amidine groups is 1. The highest BCUT2D eigenvalue weighted by Crippen LogP contribution is 2.36. The number of ether oxygens (including phenoxy) is 1. The van der Waals surface area contributed by atoms with Gasteiger partial charge in [0.15, 0.2) is 11.3 Å². The number of nitrogens with one attached hydrogen (secondary N) is 1. The summed E-state index contributed by atoms with van der Waals surface area (Å²) in [5, 5.41) is 22.7. The van der Waals surface area contributed by atoms with E-state index in [1.807, 2.05) is 6.92 Å². The van der Waals surface area contributed by atoms with E-state index in [1.165, 1.54) is 18.7 Å². The first-order valence-electron chi connectivity index (χ1n) is 5.68. The smallest absolute Gasteiger partial charge is 0.159 e. The highest BCUT2D eigenvalue weighted by molar-refractivity contribution is 8.14. The Kier molecular flexibility index (Phi) is 3.92. The average Bonchev–Trinajstić information content (AvgIpc) is 2.66. The summed E-state index contributed by atoms with van der Waals surface area (Å²) in [5.74, 6) is 0. The molecule has 7 heteroatoms. The number of aliphatic hydroxyl groups is 2. The molecule has 2 heterocycles. The van der Waals surface area contributed by atoms with E-state index in [1.54, 1.807) is 0 Å². The molecule has 6 atom stereocenters. The topological polar surface area (TPSA) is 74.1 Å². The number of hydrogen-bond acceptors (Lipinski definition) is 5. The largest absolute Gasteiger partial charge is 0.391 e. The van der Waals surface area contributed by atoms with Crippen molar-refractivity contribution in [2.45, 2.75) is 49.8 Å². The fourth-order valence-electron chi connectivity index (χ4n) is 2.02. The summed E-state index contributed by atoms with van der Waals surface area (Å²) in [5.41, 5.74) is -0.446. The van der Waals surface area contributed by atoms with Gasteiger partial charge in [-0.2, -0.15) is 0 Å². The minimum absolute atomic E-state index is 0.446. The Morgan fingerprint density at radius 1 is 1.65 bits per heavy atom. The molecule has 2 rings (SSSR count). The van der Waals surface area contributed by atoms with Crippen LogP contribution in [0.5, 0.6) is 0 Å². The van der Waals surface area contributed by atoms with E-state index in [4.69, 9.17) is 4.74 Å². The van der Waals surface area contributed by atoms with Crippen LogP contribution < -0.4 is 5.32 Å². The van der Waals surface area contributed by atoms with Gasteiger partial charge in [0.2, 0.25) is 0 Å². The lowest BCUT2D eigenvalue weighted by Crippen LogP contribution is -2.59. The van der Waals surface area contributed by atoms with Crippen molar-refractivity contribution < 1.29 is 19.3 Å². The normalized spacial score (nSPS) is 45.5. The van der Waals surface area contributed by atoms with Gasteiger partial charge in [-0.3, -0.25) is 4.99 Å². The van der Waals surface area contributed by atoms with Gasteiger partial charge in [0.05, 0.1) is 12.1 Å². The zero-order valence-electron chi connectivity index (χ0n) is 9.71. The van der Waals surface area contributed by atoms with E-state index in [-0.39, 0.29) is 0 Å². The second-order valence-electron chi connectivity index (χ2n) is 4.21. The van der Waals surface area contributed by atoms with Crippen LogP contribution >= 0.6 is 11.8 Å². The number of thioether (sulfide) groups is 1. The summed E-state index contributed by atoms with van der Waals surface area (Å²) < 4.78 is 19.5. The third-order valence-corrected chi connectivity index (χ3v) is 3.99. The summed E-state index contributed by atoms with van der Waals surface area (Å²) in [6.45, 7) is 3.97. The third-order valence-electron chi connectivity index (χ3n) is 2.89. The lowest BCUT2D eigenvalue weighted by atomic mass is 9.96. The van der Waals surface area contributed by atoms with Crippen molar-refractivity contribution in [3.63, 3.8) is 0 Å². The molecule has 2 aliphatic rings. The van der Waals surface area contributed by atoms with Crippen LogP contribution in [0.15, 0.2) is 4.99 Å². The number of aliphatic imine (C=N–C) groups is 1. The molecule has 0 amide bonds. The fourth-order valence-corrected chi connectivity index (χ4v) is 3.20. The van der Waals surface area contributed by atoms with Crippen molar-refractivity contribution >= 4 is 16.9 Å². The monoisotopic (exact) mass is 264 g/mol. The van der Waals surface area contributed by atoms with Gasteiger partial charge < -0.3 is 20.3 Å². The van der Waals surface area contributed by atoms with Crippen molar-refractivity contribution in [2.75, 3.05) is 6.54 Å². The van der Waals surface area contributed by atoms with Crippen LogP contribution in [0.1, 0.15) is 13.8 Å². The number of rotatable bonds is 2. The van der Waals surface area contributed by atoms with Gasteiger partial charge in [-0.15, -0.1) is 0 Å². The van der Waals surface area contributed by atoms with E-state index in [0.717, 1.165) is 0 Å². The quantitative estimate of drug-likeness (QED) is 0.648. The van der Waals surface area contributed by atoms with Gasteiger partial charge >= 0.3 is 0 Å². The number of nitrogens with zero attached hydrogens (tertiary/aromatic N) is 1. The van der Waals surface area contributed by atoms with Gasteiger partial charge in [0.25, 0.3) is 0 Å². The molecule has 3 N–H and O–H groups in total. The number of aliphatic hydroxyl groups excluding tert-OH is 2. The van der Waals surface area contributed by atoms with Crippen LogP contribution in [-0.4, -0.2) is 57.9 Å². The first-order chi connectivity index (χ1) is 8.04. The van der Waals surface area contributed by atoms with Gasteiger partial charge in [0, 0.05) is 6.54 Å². The molecule has 0 radical (unpaired) electrons. The predicted octanol–water partition coefficient (Wildman–Crippen LogP) is -0.128. The lowest BCUT2D eigenvalue weighted by molar-refractivity contribution is -0.167. The van der Waals surface area contributed by atoms with Crippen LogP contribution in [0, 0.1) is 0 Å². The van der Waals surface area contributed by atoms with E-state index >= 15 is 0 Å². The Labute approximate surface area is 103 Å². The maximum atomic E-state index is 14.0. The molecule has 2 aliphatic heterocycles. The maximum absolute atomic E-state index is 14.0. The van der Waals surface area contributed by atoms with Gasteiger partial charge in [0.1, 0.15) is 17.6 Å². The Hall–Kier alpha value is -0.370. The molecule has 17 heavy (non-hydrogen) atoms. The fraction of sp³-hybridized carbons (Fsp3) is 0.900. The minimum atomic E-state index is -1.47. The number of halogens is 1. The van der Waals surface area contributed by atoms with Gasteiger partial charge in [-0.25, -0.2) is 4.39 Å². The second kappa shape index (κ2) is 5.09. The molecule has 0 aromatic rings. The van der Waals surface area contributed by atoms with Crippen molar-refractivity contribution in [3.05, 3.63) is 0 Å². The summed E-state index contributed by atoms with van der Waals surface area (Å²) in [6, 6.07) is -0.602. The molecule has 5 nitrogen and oxygen atoms in total. The van der Waals surface area contributed by atoms with Crippen LogP contribution in [0.25, 0.3) is 0 Å². The number of alkyl halides is 1. The highest BCUT2D eigenvalue weighted by Gasteiger charge is 2.51. The van der Waals surface area contributed by atoms with Crippen molar-refractivity contribution in [1.29, 1.82) is 0 Å². The molecule has 0 aromatic heterocycles. The average molecular weight is 264 g/mol. The molecular formula is C10H17FN2O3S. The van der Waals surface area contributed by atoms with Crippen molar-refractivity contribution in [3.8, 4) is 0 Å². The Morgan fingerprint density at radius 3 is 2.94 bits per heavy atom. The molecule has 0 bridgehead atoms. The minimum Gasteiger partial charge on any atom is -0.391 e. The van der Waals surface area contributed by atoms with Gasteiger partial charge in [-0.1, -0.05) is 11.8 Å². The predicted molar refractivity (Wildman–Crippen MR) is 63.7 cm³/mol. The zero-order chi connectivity index (χ0) is 12.6. The first-order valence-corrected chi connectivity index (χ1v) is 6.56. The van der Waals surface area contributed by atoms with Crippen LogP contribution in [0.3, 0.4) is 0 Å². The van der Waals surface area contributed by atoms with Crippen molar-refractivity contribution in [1.82, 2.24) is 5.32 Å². The summed E-state index contributed by atoms with van der Waals surface area (Å²) in [7, 11) is 0. The van der Waals surface area contributed by atoms with Crippen LogP contribution in [0.4, 0.5) is 4.39 Å². The Morgan fingerprint density at radius 2 is 2.35 bits per heavy atom. The zero-order valence-corrected chi connectivity index (χ0v) is 10.5. The van der Waals surface area contributed by atoms with E-state index in [0.29, 0.717) is 11.7 Å². The summed E-state index contributed by atoms with van der Waals surface area (Å²) in [6.07, 6.45) is -4.57. The van der Waals surface area contributed by atoms with Gasteiger partial charge in [-0.05, 0) is 13.8 Å². The van der Waals surface area contributed by atoms with Crippen LogP contribution in [-0.2, 0) is 4.74 Å². The van der Waals surface area contributed by atoms with E-state index in [2.05, 4.69) is 10.3 Å². The molecule has 0 unspecified atom stereocenters. The standard InChI is InChI=1S/C10H17FN2O3S/c1-3-12-10-13-6-5(11)7(15)8(4(2)14)16-9(6)17-10/h4-9,14-15H,3H2,1-2H3,(H,12,13)/t4-,5-,6+,7-,8+,9+/m0/s1. The molecule has 98 valence electrons. The molecule has 2 saturated heterocycles. The van der Waals surface area contributed by atoms with Crippen LogP contribution in [0.2, 0.25) is 0 Å². The lowest BCUT2D eigenvalue weighted by Gasteiger charge is -2.38. The van der Waals surface area contributed by atoms with E-state index in [9.17, 15) is 14.6 Å². The van der Waals surface area contributed by atoms with E-state index < -0.39 is 36.0 Å². The molecule has 2 fully saturated rings. The molecule has 0 aliphatic carbocycles. The molecule has 0 saturated carbocycles. The molecular weight excluding hydrogens is 247 g/mol. The van der Waals surface area contributed by atoms with Crippen molar-refractivity contribution in [2.24, 2.45) is 4.99 Å². The Bertz CT molecular complexity index is 316. The maximum Gasteiger partial charge on any atom is 0.159 e. The summed E-state index contributed by atoms with van der Waals surface area (Å²) in [4.78, 5) is 4.15. The number of hydrogen-bond donors (Lipinski definition) is 3.